The van der Waals surface area contributed by atoms with E-state index >= 15 is 0 Å². The van der Waals surface area contributed by atoms with Gasteiger partial charge in [-0.1, -0.05) is 25.6 Å². The molecular formula is C18H27N4O2S+. The summed E-state index contributed by atoms with van der Waals surface area (Å²) in [5.74, 6) is 3.23. The number of H-pyrrole nitrogens is 1. The molecule has 0 spiro atoms. The highest BCUT2D eigenvalue weighted by Crippen LogP contribution is 2.22. The van der Waals surface area contributed by atoms with Gasteiger partial charge in [0.1, 0.15) is 24.9 Å². The zero-order valence-electron chi connectivity index (χ0n) is 15.1. The summed E-state index contributed by atoms with van der Waals surface area (Å²) in [6.07, 6.45) is 0.274. The Balaban J connectivity index is 1.53. The average molecular weight is 364 g/mol. The van der Waals surface area contributed by atoms with Crippen LogP contribution in [0.4, 0.5) is 0 Å². The highest BCUT2D eigenvalue weighted by Gasteiger charge is 2.24. The summed E-state index contributed by atoms with van der Waals surface area (Å²) in [5.41, 5.74) is 1.00. The molecule has 0 saturated carbocycles. The number of benzene rings is 1. The zero-order chi connectivity index (χ0) is 17.6. The fraction of sp³-hybridized carbons (Fsp3) is 0.556. The van der Waals surface area contributed by atoms with Crippen LogP contribution in [-0.2, 0) is 4.74 Å². The molecule has 0 bridgehead atoms. The molecule has 1 aromatic carbocycles. The van der Waals surface area contributed by atoms with Gasteiger partial charge >= 0.3 is 0 Å². The molecule has 1 aliphatic heterocycles. The van der Waals surface area contributed by atoms with E-state index < -0.39 is 0 Å². The van der Waals surface area contributed by atoms with Crippen molar-refractivity contribution in [1.82, 2.24) is 15.2 Å². The predicted octanol–water partition coefficient (Wildman–Crippen LogP) is 1.51. The van der Waals surface area contributed by atoms with Gasteiger partial charge in [0.2, 0.25) is 5.16 Å². The van der Waals surface area contributed by atoms with Gasteiger partial charge in [-0.05, 0) is 24.3 Å². The number of rotatable bonds is 7. The second-order valence-corrected chi connectivity index (χ2v) is 7.79. The predicted molar refractivity (Wildman–Crippen MR) is 99.2 cm³/mol. The number of nitrogens with zero attached hydrogens (tertiary/aromatic N) is 2. The van der Waals surface area contributed by atoms with Crippen molar-refractivity contribution in [1.29, 1.82) is 0 Å². The first-order chi connectivity index (χ1) is 12.1. The van der Waals surface area contributed by atoms with E-state index in [4.69, 9.17) is 9.47 Å². The minimum Gasteiger partial charge on any atom is -0.497 e. The molecule has 6 nitrogen and oxygen atoms in total. The fourth-order valence-corrected chi connectivity index (χ4v) is 3.89. The van der Waals surface area contributed by atoms with Gasteiger partial charge in [0.25, 0.3) is 0 Å². The van der Waals surface area contributed by atoms with E-state index in [1.54, 1.807) is 23.8 Å². The van der Waals surface area contributed by atoms with Crippen molar-refractivity contribution in [3.8, 4) is 17.1 Å². The van der Waals surface area contributed by atoms with Crippen molar-refractivity contribution in [2.45, 2.75) is 25.1 Å². The Morgan fingerprint density at radius 2 is 2.16 bits per heavy atom. The van der Waals surface area contributed by atoms with Crippen LogP contribution in [-0.4, -0.2) is 60.4 Å². The average Bonchev–Trinajstić information content (AvgIpc) is 3.09. The maximum Gasteiger partial charge on any atom is 0.208 e. The highest BCUT2D eigenvalue weighted by atomic mass is 32.2. The molecule has 136 valence electrons. The first-order valence-corrected chi connectivity index (χ1v) is 9.77. The van der Waals surface area contributed by atoms with Crippen LogP contribution in [0.2, 0.25) is 0 Å². The number of hydrogen-bond donors (Lipinski definition) is 2. The van der Waals surface area contributed by atoms with Crippen LogP contribution in [0.15, 0.2) is 29.4 Å². The van der Waals surface area contributed by atoms with E-state index in [2.05, 4.69) is 29.0 Å². The molecule has 1 unspecified atom stereocenters. The molecule has 2 aromatic rings. The Morgan fingerprint density at radius 1 is 1.36 bits per heavy atom. The lowest BCUT2D eigenvalue weighted by Gasteiger charge is -2.30. The molecule has 2 heterocycles. The van der Waals surface area contributed by atoms with E-state index in [0.717, 1.165) is 53.7 Å². The van der Waals surface area contributed by atoms with Crippen molar-refractivity contribution in [2.75, 3.05) is 39.1 Å². The molecule has 1 saturated heterocycles. The third-order valence-electron chi connectivity index (χ3n) is 4.25. The van der Waals surface area contributed by atoms with Gasteiger partial charge in [0.15, 0.2) is 5.82 Å². The monoisotopic (exact) mass is 363 g/mol. The lowest BCUT2D eigenvalue weighted by atomic mass is 10.2. The van der Waals surface area contributed by atoms with Gasteiger partial charge in [0, 0.05) is 17.2 Å². The number of methoxy groups -OCH3 is 1. The number of ether oxygens (including phenoxy) is 2. The van der Waals surface area contributed by atoms with E-state index in [-0.39, 0.29) is 6.10 Å². The lowest BCUT2D eigenvalue weighted by molar-refractivity contribution is -0.914. The Bertz CT molecular complexity index is 659. The maximum atomic E-state index is 5.91. The van der Waals surface area contributed by atoms with Crippen LogP contribution in [0, 0.1) is 5.92 Å². The van der Waals surface area contributed by atoms with Crippen LogP contribution in [0.1, 0.15) is 13.8 Å². The molecule has 0 aliphatic carbocycles. The molecular weight excluding hydrogens is 336 g/mol. The van der Waals surface area contributed by atoms with Gasteiger partial charge in [-0.25, -0.2) is 4.98 Å². The standard InChI is InChI=1S/C18H26N4O2S/c1-13(2)10-22-8-9-24-16(11-22)12-25-18-19-17(20-21-18)14-4-6-15(23-3)7-5-14/h4-7,13,16H,8-12H2,1-3H3,(H,19,20,21)/p+1/t16-/m0/s1. The van der Waals surface area contributed by atoms with E-state index in [1.807, 2.05) is 24.3 Å². The molecule has 0 amide bonds. The van der Waals surface area contributed by atoms with Crippen LogP contribution >= 0.6 is 11.8 Å². The number of aromatic nitrogens is 3. The number of morpholine rings is 1. The minimum atomic E-state index is 0.274. The van der Waals surface area contributed by atoms with E-state index in [0.29, 0.717) is 0 Å². The SMILES string of the molecule is COc1ccc(-c2nc(SC[C@@H]3C[NH+](CC(C)C)CCO3)n[nH]2)cc1. The van der Waals surface area contributed by atoms with Gasteiger partial charge in [0.05, 0.1) is 20.3 Å². The van der Waals surface area contributed by atoms with Gasteiger partial charge in [-0.15, -0.1) is 5.10 Å². The molecule has 1 aliphatic rings. The summed E-state index contributed by atoms with van der Waals surface area (Å²) in [7, 11) is 1.66. The molecule has 25 heavy (non-hydrogen) atoms. The molecule has 0 radical (unpaired) electrons. The van der Waals surface area contributed by atoms with Gasteiger partial charge in [-0.3, -0.25) is 5.10 Å². The second-order valence-electron chi connectivity index (χ2n) is 6.80. The van der Waals surface area contributed by atoms with Crippen LogP contribution < -0.4 is 9.64 Å². The van der Waals surface area contributed by atoms with Crippen molar-refractivity contribution < 1.29 is 14.4 Å². The molecule has 3 rings (SSSR count). The lowest BCUT2D eigenvalue weighted by Crippen LogP contribution is -3.15. The molecule has 2 N–H and O–H groups in total. The second kappa shape index (κ2) is 8.69. The number of nitrogens with one attached hydrogen (secondary N) is 2. The van der Waals surface area contributed by atoms with Gasteiger partial charge in [-0.2, -0.15) is 0 Å². The number of thioether (sulfide) groups is 1. The molecule has 2 atom stereocenters. The first kappa shape index (κ1) is 18.2. The molecule has 1 aromatic heterocycles. The Morgan fingerprint density at radius 3 is 2.88 bits per heavy atom. The van der Waals surface area contributed by atoms with Crippen molar-refractivity contribution in [3.63, 3.8) is 0 Å². The summed E-state index contributed by atoms with van der Waals surface area (Å²) in [5, 5.41) is 8.10. The third-order valence-corrected chi connectivity index (χ3v) is 5.23. The van der Waals surface area contributed by atoms with E-state index in [1.165, 1.54) is 6.54 Å². The quantitative estimate of drug-likeness (QED) is 0.730. The number of hydrogen-bond acceptors (Lipinski definition) is 5. The Kier molecular flexibility index (Phi) is 6.34. The highest BCUT2D eigenvalue weighted by molar-refractivity contribution is 7.99. The summed E-state index contributed by atoms with van der Waals surface area (Å²) >= 11 is 1.65. The summed E-state index contributed by atoms with van der Waals surface area (Å²) in [6.45, 7) is 8.80. The normalized spacial score (nSPS) is 20.8. The topological polar surface area (TPSA) is 64.5 Å². The summed E-state index contributed by atoms with van der Waals surface area (Å²) < 4.78 is 11.1. The van der Waals surface area contributed by atoms with Crippen molar-refractivity contribution in [3.05, 3.63) is 24.3 Å². The first-order valence-electron chi connectivity index (χ1n) is 8.79. The zero-order valence-corrected chi connectivity index (χ0v) is 15.9. The molecule has 1 fully saturated rings. The van der Waals surface area contributed by atoms with Gasteiger partial charge < -0.3 is 14.4 Å². The smallest absolute Gasteiger partial charge is 0.208 e. The largest absolute Gasteiger partial charge is 0.497 e. The minimum absolute atomic E-state index is 0.274. The Labute approximate surface area is 153 Å². The van der Waals surface area contributed by atoms with Crippen molar-refractivity contribution in [2.24, 2.45) is 5.92 Å². The molecule has 7 heteroatoms. The maximum absolute atomic E-state index is 5.91. The van der Waals surface area contributed by atoms with E-state index in [9.17, 15) is 0 Å². The van der Waals surface area contributed by atoms with Crippen molar-refractivity contribution >= 4 is 11.8 Å². The van der Waals surface area contributed by atoms with Crippen LogP contribution in [0.25, 0.3) is 11.4 Å². The summed E-state index contributed by atoms with van der Waals surface area (Å²) in [6, 6.07) is 7.80. The van der Waals surface area contributed by atoms with Crippen LogP contribution in [0.5, 0.6) is 5.75 Å². The number of aromatic amines is 1. The third kappa shape index (κ3) is 5.20. The van der Waals surface area contributed by atoms with Crippen LogP contribution in [0.3, 0.4) is 0 Å². The summed E-state index contributed by atoms with van der Waals surface area (Å²) in [4.78, 5) is 6.22. The number of quaternary nitrogens is 1. The fourth-order valence-electron chi connectivity index (χ4n) is 3.08. The Hall–Kier alpha value is -1.57.